The van der Waals surface area contributed by atoms with E-state index >= 15 is 0 Å². The van der Waals surface area contributed by atoms with Crippen LogP contribution in [0.15, 0.2) is 29.3 Å². The number of rotatable bonds is 6. The van der Waals surface area contributed by atoms with Gasteiger partial charge in [-0.3, -0.25) is 4.79 Å². The molecule has 1 aromatic rings. The molecule has 2 rings (SSSR count). The topological polar surface area (TPSA) is 56.7 Å². The van der Waals surface area contributed by atoms with Crippen LogP contribution in [0.25, 0.3) is 0 Å². The first-order chi connectivity index (χ1) is 11.0. The molecule has 0 spiro atoms. The van der Waals surface area contributed by atoms with Crippen molar-refractivity contribution >= 4 is 11.9 Å². The van der Waals surface area contributed by atoms with E-state index in [1.165, 1.54) is 24.0 Å². The van der Waals surface area contributed by atoms with Gasteiger partial charge in [0, 0.05) is 32.6 Å². The lowest BCUT2D eigenvalue weighted by atomic mass is 9.92. The molecule has 0 atom stereocenters. The zero-order valence-corrected chi connectivity index (χ0v) is 14.6. The first-order valence-corrected chi connectivity index (χ1v) is 8.27. The minimum atomic E-state index is 0.00208. The van der Waals surface area contributed by atoms with Gasteiger partial charge in [-0.1, -0.05) is 24.3 Å². The maximum atomic E-state index is 11.7. The van der Waals surface area contributed by atoms with E-state index in [0.29, 0.717) is 5.96 Å². The zero-order chi connectivity index (χ0) is 16.9. The van der Waals surface area contributed by atoms with Crippen LogP contribution in [0.2, 0.25) is 0 Å². The second-order valence-corrected chi connectivity index (χ2v) is 6.43. The predicted octanol–water partition coefficient (Wildman–Crippen LogP) is 1.67. The quantitative estimate of drug-likeness (QED) is 0.620. The van der Waals surface area contributed by atoms with Gasteiger partial charge in [0.25, 0.3) is 0 Å². The minimum Gasteiger partial charge on any atom is -0.357 e. The highest BCUT2D eigenvalue weighted by atomic mass is 16.2. The molecule has 5 nitrogen and oxygen atoms in total. The summed E-state index contributed by atoms with van der Waals surface area (Å²) in [6.07, 6.45) is 2.39. The lowest BCUT2D eigenvalue weighted by Gasteiger charge is -2.21. The van der Waals surface area contributed by atoms with Crippen molar-refractivity contribution in [1.29, 1.82) is 0 Å². The number of carbonyl (C=O) groups excluding carboxylic acids is 1. The smallest absolute Gasteiger partial charge is 0.243 e. The van der Waals surface area contributed by atoms with E-state index in [-0.39, 0.29) is 17.9 Å². The summed E-state index contributed by atoms with van der Waals surface area (Å²) in [7, 11) is 3.49. The second kappa shape index (κ2) is 7.49. The van der Waals surface area contributed by atoms with E-state index in [1.54, 1.807) is 19.0 Å². The molecule has 0 saturated heterocycles. The normalized spacial score (nSPS) is 15.9. The minimum absolute atomic E-state index is 0.00208. The number of hydrogen-bond acceptors (Lipinski definition) is 2. The van der Waals surface area contributed by atoms with Crippen molar-refractivity contribution in [2.24, 2.45) is 4.99 Å². The van der Waals surface area contributed by atoms with Crippen molar-refractivity contribution in [2.45, 2.75) is 32.1 Å². The van der Waals surface area contributed by atoms with Crippen molar-refractivity contribution in [3.8, 4) is 0 Å². The summed E-state index contributed by atoms with van der Waals surface area (Å²) in [5.41, 5.74) is 2.98. The Morgan fingerprint density at radius 2 is 1.96 bits per heavy atom. The fourth-order valence-electron chi connectivity index (χ4n) is 2.74. The first kappa shape index (κ1) is 17.3. The molecule has 126 valence electrons. The summed E-state index contributed by atoms with van der Waals surface area (Å²) in [4.78, 5) is 17.6. The van der Waals surface area contributed by atoms with Gasteiger partial charge in [0.2, 0.25) is 5.91 Å². The van der Waals surface area contributed by atoms with E-state index < -0.39 is 0 Å². The number of likely N-dealkylation sites (N-methyl/N-ethyl adjacent to an activating group) is 1. The molecular weight excluding hydrogens is 288 g/mol. The number of carbonyl (C=O) groups is 1. The molecule has 1 amide bonds. The Kier molecular flexibility index (Phi) is 5.64. The molecule has 2 N–H and O–H groups in total. The molecule has 5 heteroatoms. The molecule has 1 aliphatic rings. The average molecular weight is 316 g/mol. The third-order valence-electron chi connectivity index (χ3n) is 4.38. The van der Waals surface area contributed by atoms with E-state index in [0.717, 1.165) is 13.1 Å². The van der Waals surface area contributed by atoms with Crippen LogP contribution in [0.1, 0.15) is 30.9 Å². The van der Waals surface area contributed by atoms with Gasteiger partial charge in [-0.2, -0.15) is 0 Å². The van der Waals surface area contributed by atoms with Gasteiger partial charge in [0.15, 0.2) is 5.96 Å². The van der Waals surface area contributed by atoms with Crippen LogP contribution >= 0.6 is 0 Å². The van der Waals surface area contributed by atoms with Crippen LogP contribution < -0.4 is 10.6 Å². The van der Waals surface area contributed by atoms with Gasteiger partial charge in [0.05, 0.1) is 0 Å². The standard InChI is InChI=1S/C18H28N4O/c1-5-19-17(20-12-16(23)22(3)4)21-13-18(10-11-18)15-9-7-6-8-14(15)2/h6-9H,5,10-13H2,1-4H3,(H2,19,20,21). The highest BCUT2D eigenvalue weighted by Gasteiger charge is 2.44. The average Bonchev–Trinajstić information content (AvgIpc) is 3.31. The summed E-state index contributed by atoms with van der Waals surface area (Å²) >= 11 is 0. The third kappa shape index (κ3) is 4.47. The van der Waals surface area contributed by atoms with E-state index in [9.17, 15) is 4.79 Å². The maximum Gasteiger partial charge on any atom is 0.243 e. The molecule has 0 bridgehead atoms. The molecule has 1 aliphatic carbocycles. The van der Waals surface area contributed by atoms with Gasteiger partial charge in [-0.05, 0) is 37.8 Å². The Labute approximate surface area is 139 Å². The number of aliphatic imine (C=N–C) groups is 1. The molecule has 0 radical (unpaired) electrons. The van der Waals surface area contributed by atoms with Gasteiger partial charge >= 0.3 is 0 Å². The van der Waals surface area contributed by atoms with Crippen molar-refractivity contribution in [1.82, 2.24) is 15.5 Å². The van der Waals surface area contributed by atoms with Gasteiger partial charge in [0.1, 0.15) is 6.54 Å². The molecule has 0 aliphatic heterocycles. The Hall–Kier alpha value is -2.04. The Morgan fingerprint density at radius 1 is 1.26 bits per heavy atom. The lowest BCUT2D eigenvalue weighted by molar-refractivity contribution is -0.127. The second-order valence-electron chi connectivity index (χ2n) is 6.43. The number of benzene rings is 1. The number of guanidine groups is 1. The zero-order valence-electron chi connectivity index (χ0n) is 14.6. The summed E-state index contributed by atoms with van der Waals surface area (Å²) in [5, 5.41) is 6.62. The molecule has 0 unspecified atom stereocenters. The summed E-state index contributed by atoms with van der Waals surface area (Å²) in [5.74, 6) is 0.713. The molecule has 0 aromatic heterocycles. The lowest BCUT2D eigenvalue weighted by Crippen LogP contribution is -2.42. The maximum absolute atomic E-state index is 11.7. The number of nitrogens with zero attached hydrogens (tertiary/aromatic N) is 2. The number of aryl methyl sites for hydroxylation is 1. The molecule has 1 saturated carbocycles. The molecule has 0 heterocycles. The summed E-state index contributed by atoms with van der Waals surface area (Å²) in [6.45, 7) is 5.99. The monoisotopic (exact) mass is 316 g/mol. The Balaban J connectivity index is 2.00. The van der Waals surface area contributed by atoms with Crippen molar-refractivity contribution in [2.75, 3.05) is 33.7 Å². The van der Waals surface area contributed by atoms with E-state index in [2.05, 4.69) is 46.8 Å². The molecule has 1 fully saturated rings. The van der Waals surface area contributed by atoms with Crippen LogP contribution in [-0.2, 0) is 10.2 Å². The summed E-state index contributed by atoms with van der Waals surface area (Å²) < 4.78 is 0. The Morgan fingerprint density at radius 3 is 2.52 bits per heavy atom. The first-order valence-electron chi connectivity index (χ1n) is 8.27. The van der Waals surface area contributed by atoms with Crippen LogP contribution in [0.4, 0.5) is 0 Å². The van der Waals surface area contributed by atoms with Crippen molar-refractivity contribution in [3.05, 3.63) is 35.4 Å². The van der Waals surface area contributed by atoms with Gasteiger partial charge in [-0.25, -0.2) is 4.99 Å². The van der Waals surface area contributed by atoms with Crippen LogP contribution in [0, 0.1) is 6.92 Å². The molecule has 1 aromatic carbocycles. The highest BCUT2D eigenvalue weighted by molar-refractivity contribution is 5.84. The highest BCUT2D eigenvalue weighted by Crippen LogP contribution is 2.48. The predicted molar refractivity (Wildman–Crippen MR) is 94.8 cm³/mol. The van der Waals surface area contributed by atoms with Gasteiger partial charge in [-0.15, -0.1) is 0 Å². The van der Waals surface area contributed by atoms with Crippen molar-refractivity contribution < 1.29 is 4.79 Å². The number of hydrogen-bond donors (Lipinski definition) is 2. The van der Waals surface area contributed by atoms with E-state index in [4.69, 9.17) is 0 Å². The number of amides is 1. The molecular formula is C18H28N4O. The summed E-state index contributed by atoms with van der Waals surface area (Å²) in [6, 6.07) is 8.59. The van der Waals surface area contributed by atoms with Crippen molar-refractivity contribution in [3.63, 3.8) is 0 Å². The van der Waals surface area contributed by atoms with Crippen LogP contribution in [-0.4, -0.2) is 50.5 Å². The van der Waals surface area contributed by atoms with Crippen LogP contribution in [0.5, 0.6) is 0 Å². The third-order valence-corrected chi connectivity index (χ3v) is 4.38. The van der Waals surface area contributed by atoms with Crippen LogP contribution in [0.3, 0.4) is 0 Å². The Bertz CT molecular complexity index is 576. The van der Waals surface area contributed by atoms with E-state index in [1.807, 2.05) is 6.92 Å². The largest absolute Gasteiger partial charge is 0.357 e. The fraction of sp³-hybridized carbons (Fsp3) is 0.556. The SMILES string of the molecule is CCNC(=NCC(=O)N(C)C)NCC1(c2ccccc2C)CC1. The fourth-order valence-corrected chi connectivity index (χ4v) is 2.74. The number of nitrogens with one attached hydrogen (secondary N) is 2. The van der Waals surface area contributed by atoms with Gasteiger partial charge < -0.3 is 15.5 Å². The molecule has 23 heavy (non-hydrogen) atoms.